The maximum absolute atomic E-state index is 13.3. The Bertz CT molecular complexity index is 919. The van der Waals surface area contributed by atoms with Crippen LogP contribution in [-0.4, -0.2) is 31.9 Å². The summed E-state index contributed by atoms with van der Waals surface area (Å²) in [5.41, 5.74) is 3.63. The molecule has 0 spiro atoms. The zero-order valence-corrected chi connectivity index (χ0v) is 13.8. The smallest absolute Gasteiger partial charge is 0.219 e. The molecule has 0 atom stereocenters. The van der Waals surface area contributed by atoms with Crippen molar-refractivity contribution < 1.29 is 9.18 Å². The molecule has 126 valence electrons. The second-order valence-electron chi connectivity index (χ2n) is 6.06. The number of rotatable bonds is 2. The van der Waals surface area contributed by atoms with Gasteiger partial charge in [-0.2, -0.15) is 0 Å². The van der Waals surface area contributed by atoms with E-state index in [4.69, 9.17) is 4.98 Å². The van der Waals surface area contributed by atoms with E-state index in [0.717, 1.165) is 28.3 Å². The summed E-state index contributed by atoms with van der Waals surface area (Å²) in [4.78, 5) is 22.4. The van der Waals surface area contributed by atoms with Gasteiger partial charge in [-0.3, -0.25) is 9.78 Å². The minimum Gasteiger partial charge on any atom is -0.334 e. The third kappa shape index (κ3) is 2.80. The quantitative estimate of drug-likeness (QED) is 0.722. The Hall–Kier alpha value is -3.02. The van der Waals surface area contributed by atoms with E-state index in [1.165, 1.54) is 12.1 Å². The van der Waals surface area contributed by atoms with Crippen molar-refractivity contribution in [1.29, 1.82) is 0 Å². The van der Waals surface area contributed by atoms with Crippen LogP contribution in [0, 0.1) is 5.82 Å². The van der Waals surface area contributed by atoms with Crippen molar-refractivity contribution in [2.24, 2.45) is 0 Å². The lowest BCUT2D eigenvalue weighted by Gasteiger charge is -2.27. The minimum absolute atomic E-state index is 0.0445. The Kier molecular flexibility index (Phi) is 3.80. The lowest BCUT2D eigenvalue weighted by atomic mass is 10.1. The standard InChI is InChI=1S/C19H17FN4O/c1-13(25)23-10-11-24-17(12-23)22-18(14-2-4-16(20)5-3-14)19(24)15-6-8-21-9-7-15/h2-9H,10-12H2,1H3. The second kappa shape index (κ2) is 6.12. The van der Waals surface area contributed by atoms with Gasteiger partial charge in [0, 0.05) is 43.5 Å². The van der Waals surface area contributed by atoms with Crippen LogP contribution in [-0.2, 0) is 17.9 Å². The molecular weight excluding hydrogens is 319 g/mol. The number of amides is 1. The highest BCUT2D eigenvalue weighted by Crippen LogP contribution is 2.34. The van der Waals surface area contributed by atoms with Gasteiger partial charge in [-0.25, -0.2) is 9.37 Å². The van der Waals surface area contributed by atoms with Gasteiger partial charge in [-0.05, 0) is 36.4 Å². The topological polar surface area (TPSA) is 51.0 Å². The predicted octanol–water partition coefficient (Wildman–Crippen LogP) is 3.11. The first-order valence-corrected chi connectivity index (χ1v) is 8.15. The summed E-state index contributed by atoms with van der Waals surface area (Å²) in [6.45, 7) is 3.39. The van der Waals surface area contributed by atoms with Gasteiger partial charge in [0.05, 0.1) is 17.9 Å². The van der Waals surface area contributed by atoms with Crippen LogP contribution in [0.25, 0.3) is 22.5 Å². The van der Waals surface area contributed by atoms with E-state index in [9.17, 15) is 9.18 Å². The number of pyridine rings is 1. The molecule has 0 saturated heterocycles. The molecule has 5 nitrogen and oxygen atoms in total. The van der Waals surface area contributed by atoms with Gasteiger partial charge in [-0.1, -0.05) is 0 Å². The van der Waals surface area contributed by atoms with Crippen LogP contribution in [0.5, 0.6) is 0 Å². The first-order chi connectivity index (χ1) is 12.1. The third-order valence-corrected chi connectivity index (χ3v) is 4.49. The molecule has 0 saturated carbocycles. The number of carbonyl (C=O) groups is 1. The van der Waals surface area contributed by atoms with Gasteiger partial charge in [-0.15, -0.1) is 0 Å². The molecule has 25 heavy (non-hydrogen) atoms. The molecule has 3 aromatic rings. The Morgan fingerprint density at radius 3 is 2.44 bits per heavy atom. The average Bonchev–Trinajstić information content (AvgIpc) is 3.01. The normalized spacial score (nSPS) is 13.6. The molecule has 1 aliphatic rings. The highest BCUT2D eigenvalue weighted by atomic mass is 19.1. The average molecular weight is 336 g/mol. The van der Waals surface area contributed by atoms with E-state index in [-0.39, 0.29) is 11.7 Å². The zero-order valence-electron chi connectivity index (χ0n) is 13.8. The molecule has 1 aliphatic heterocycles. The predicted molar refractivity (Wildman–Crippen MR) is 91.9 cm³/mol. The summed E-state index contributed by atoms with van der Waals surface area (Å²) in [7, 11) is 0. The van der Waals surface area contributed by atoms with Crippen LogP contribution in [0.4, 0.5) is 4.39 Å². The number of halogens is 1. The lowest BCUT2D eigenvalue weighted by molar-refractivity contribution is -0.130. The summed E-state index contributed by atoms with van der Waals surface area (Å²) in [6.07, 6.45) is 3.49. The first-order valence-electron chi connectivity index (χ1n) is 8.15. The SMILES string of the molecule is CC(=O)N1CCn2c(nc(-c3ccc(F)cc3)c2-c2ccncc2)C1. The van der Waals surface area contributed by atoms with E-state index in [2.05, 4.69) is 9.55 Å². The number of aromatic nitrogens is 3. The molecular formula is C19H17FN4O. The molecule has 0 fully saturated rings. The fourth-order valence-electron chi connectivity index (χ4n) is 3.21. The number of hydrogen-bond acceptors (Lipinski definition) is 3. The minimum atomic E-state index is -0.277. The van der Waals surface area contributed by atoms with Crippen molar-refractivity contribution in [3.05, 3.63) is 60.4 Å². The third-order valence-electron chi connectivity index (χ3n) is 4.49. The van der Waals surface area contributed by atoms with Crippen molar-refractivity contribution in [1.82, 2.24) is 19.4 Å². The zero-order chi connectivity index (χ0) is 17.4. The van der Waals surface area contributed by atoms with E-state index >= 15 is 0 Å². The Labute approximate surface area is 144 Å². The van der Waals surface area contributed by atoms with E-state index in [1.807, 2.05) is 12.1 Å². The van der Waals surface area contributed by atoms with E-state index in [0.29, 0.717) is 19.6 Å². The summed E-state index contributed by atoms with van der Waals surface area (Å²) in [6, 6.07) is 10.2. The van der Waals surface area contributed by atoms with Crippen molar-refractivity contribution in [3.63, 3.8) is 0 Å². The highest BCUT2D eigenvalue weighted by Gasteiger charge is 2.26. The maximum Gasteiger partial charge on any atom is 0.219 e. The van der Waals surface area contributed by atoms with Crippen LogP contribution in [0.1, 0.15) is 12.7 Å². The van der Waals surface area contributed by atoms with Gasteiger partial charge in [0.15, 0.2) is 0 Å². The fraction of sp³-hybridized carbons (Fsp3) is 0.211. The number of carbonyl (C=O) groups excluding carboxylic acids is 1. The Morgan fingerprint density at radius 2 is 1.76 bits per heavy atom. The van der Waals surface area contributed by atoms with Crippen LogP contribution in [0.3, 0.4) is 0 Å². The van der Waals surface area contributed by atoms with Crippen molar-refractivity contribution in [3.8, 4) is 22.5 Å². The second-order valence-corrected chi connectivity index (χ2v) is 6.06. The summed E-state index contributed by atoms with van der Waals surface area (Å²) >= 11 is 0. The largest absolute Gasteiger partial charge is 0.334 e. The number of fused-ring (bicyclic) bond motifs is 1. The molecule has 0 aliphatic carbocycles. The van der Waals surface area contributed by atoms with Crippen LogP contribution < -0.4 is 0 Å². The van der Waals surface area contributed by atoms with Gasteiger partial charge >= 0.3 is 0 Å². The van der Waals surface area contributed by atoms with Crippen molar-refractivity contribution in [2.45, 2.75) is 20.0 Å². The monoisotopic (exact) mass is 336 g/mol. The Balaban J connectivity index is 1.88. The molecule has 0 radical (unpaired) electrons. The van der Waals surface area contributed by atoms with Crippen molar-refractivity contribution in [2.75, 3.05) is 6.54 Å². The fourth-order valence-corrected chi connectivity index (χ4v) is 3.21. The van der Waals surface area contributed by atoms with Gasteiger partial charge < -0.3 is 9.47 Å². The number of nitrogens with zero attached hydrogens (tertiary/aromatic N) is 4. The van der Waals surface area contributed by atoms with Crippen LogP contribution in [0.15, 0.2) is 48.8 Å². The number of hydrogen-bond donors (Lipinski definition) is 0. The molecule has 3 heterocycles. The molecule has 4 rings (SSSR count). The molecule has 0 unspecified atom stereocenters. The van der Waals surface area contributed by atoms with Gasteiger partial charge in [0.2, 0.25) is 5.91 Å². The summed E-state index contributed by atoms with van der Waals surface area (Å²) in [5.74, 6) is 0.608. The molecule has 6 heteroatoms. The van der Waals surface area contributed by atoms with Crippen molar-refractivity contribution >= 4 is 5.91 Å². The molecule has 1 amide bonds. The summed E-state index contributed by atoms with van der Waals surface area (Å²) < 4.78 is 15.5. The van der Waals surface area contributed by atoms with E-state index in [1.54, 1.807) is 36.4 Å². The Morgan fingerprint density at radius 1 is 1.04 bits per heavy atom. The molecule has 2 aromatic heterocycles. The van der Waals surface area contributed by atoms with Crippen LogP contribution in [0.2, 0.25) is 0 Å². The van der Waals surface area contributed by atoms with E-state index < -0.39 is 0 Å². The summed E-state index contributed by atoms with van der Waals surface area (Å²) in [5, 5.41) is 0. The first kappa shape index (κ1) is 15.5. The highest BCUT2D eigenvalue weighted by molar-refractivity contribution is 5.79. The van der Waals surface area contributed by atoms with Crippen LogP contribution >= 0.6 is 0 Å². The van der Waals surface area contributed by atoms with Gasteiger partial charge in [0.25, 0.3) is 0 Å². The van der Waals surface area contributed by atoms with Gasteiger partial charge in [0.1, 0.15) is 11.6 Å². The number of benzene rings is 1. The maximum atomic E-state index is 13.3. The molecule has 0 bridgehead atoms. The lowest BCUT2D eigenvalue weighted by Crippen LogP contribution is -2.37. The molecule has 0 N–H and O–H groups in total. The molecule has 1 aromatic carbocycles. The number of imidazole rings is 1.